The lowest BCUT2D eigenvalue weighted by atomic mass is 9.99. The fourth-order valence-electron chi connectivity index (χ4n) is 2.14. The van der Waals surface area contributed by atoms with Crippen LogP contribution >= 0.6 is 0 Å². The van der Waals surface area contributed by atoms with Crippen molar-refractivity contribution in [3.05, 3.63) is 0 Å². The number of rotatable bonds is 9. The van der Waals surface area contributed by atoms with Gasteiger partial charge in [-0.2, -0.15) is 0 Å². The molecule has 2 N–H and O–H groups in total. The van der Waals surface area contributed by atoms with Crippen molar-refractivity contribution in [3.8, 4) is 0 Å². The molecule has 0 radical (unpaired) electrons. The van der Waals surface area contributed by atoms with Crippen molar-refractivity contribution in [1.82, 2.24) is 10.2 Å². The number of carboxylic acid groups (broad SMARTS) is 1. The summed E-state index contributed by atoms with van der Waals surface area (Å²) in [6, 6.07) is 0.329. The van der Waals surface area contributed by atoms with Gasteiger partial charge < -0.3 is 9.84 Å². The van der Waals surface area contributed by atoms with Gasteiger partial charge in [-0.25, -0.2) is 0 Å². The molecule has 108 valence electrons. The number of carboxylic acids is 1. The third kappa shape index (κ3) is 5.33. The summed E-state index contributed by atoms with van der Waals surface area (Å²) >= 11 is 0. The Morgan fingerprint density at radius 1 is 1.44 bits per heavy atom. The van der Waals surface area contributed by atoms with Gasteiger partial charge in [0.2, 0.25) is 0 Å². The van der Waals surface area contributed by atoms with Crippen LogP contribution in [0.25, 0.3) is 0 Å². The van der Waals surface area contributed by atoms with Gasteiger partial charge in [0, 0.05) is 25.7 Å². The van der Waals surface area contributed by atoms with Crippen LogP contribution in [0.4, 0.5) is 0 Å². The summed E-state index contributed by atoms with van der Waals surface area (Å²) in [5.74, 6) is -0.820. The quantitative estimate of drug-likeness (QED) is 0.652. The number of ether oxygens (including phenoxy) is 1. The Labute approximate surface area is 110 Å². The normalized spacial score (nSPS) is 16.9. The van der Waals surface area contributed by atoms with E-state index in [1.807, 2.05) is 27.7 Å². The van der Waals surface area contributed by atoms with Crippen LogP contribution in [-0.4, -0.2) is 60.4 Å². The summed E-state index contributed by atoms with van der Waals surface area (Å²) in [5.41, 5.74) is -0.938. The van der Waals surface area contributed by atoms with Gasteiger partial charge in [-0.05, 0) is 34.2 Å². The van der Waals surface area contributed by atoms with Crippen LogP contribution in [0.5, 0.6) is 0 Å². The zero-order chi connectivity index (χ0) is 14.3. The predicted octanol–water partition coefficient (Wildman–Crippen LogP) is 1.18. The van der Waals surface area contributed by atoms with Gasteiger partial charge in [-0.3, -0.25) is 15.0 Å². The standard InChI is InChI=1S/C13H28N2O3/c1-7-15(11(4)8-18-6)9-13(5,12(16)17)14-10(2)3/h10-11,14H,7-9H2,1-6H3,(H,16,17). The smallest absolute Gasteiger partial charge is 0.324 e. The first-order valence-corrected chi connectivity index (χ1v) is 6.50. The highest BCUT2D eigenvalue weighted by atomic mass is 16.5. The first kappa shape index (κ1) is 17.4. The Hall–Kier alpha value is -0.650. The lowest BCUT2D eigenvalue weighted by Crippen LogP contribution is -2.60. The van der Waals surface area contributed by atoms with E-state index in [9.17, 15) is 9.90 Å². The van der Waals surface area contributed by atoms with E-state index in [-0.39, 0.29) is 12.1 Å². The molecule has 0 fully saturated rings. The van der Waals surface area contributed by atoms with E-state index in [0.717, 1.165) is 6.54 Å². The molecule has 2 unspecified atom stereocenters. The van der Waals surface area contributed by atoms with Crippen molar-refractivity contribution in [1.29, 1.82) is 0 Å². The number of methoxy groups -OCH3 is 1. The number of carbonyl (C=O) groups is 1. The van der Waals surface area contributed by atoms with E-state index in [4.69, 9.17) is 4.74 Å². The summed E-state index contributed by atoms with van der Waals surface area (Å²) in [4.78, 5) is 13.6. The average molecular weight is 260 g/mol. The summed E-state index contributed by atoms with van der Waals surface area (Å²) in [6.45, 7) is 11.6. The molecule has 5 nitrogen and oxygen atoms in total. The SMILES string of the molecule is CCN(CC(C)(NC(C)C)C(=O)O)C(C)COC. The molecule has 0 spiro atoms. The first-order chi connectivity index (χ1) is 8.26. The van der Waals surface area contributed by atoms with Crippen molar-refractivity contribution in [3.63, 3.8) is 0 Å². The van der Waals surface area contributed by atoms with Crippen molar-refractivity contribution >= 4 is 5.97 Å². The van der Waals surface area contributed by atoms with Gasteiger partial charge in [0.25, 0.3) is 0 Å². The average Bonchev–Trinajstić information content (AvgIpc) is 2.25. The van der Waals surface area contributed by atoms with E-state index in [0.29, 0.717) is 13.2 Å². The van der Waals surface area contributed by atoms with Gasteiger partial charge in [-0.15, -0.1) is 0 Å². The monoisotopic (exact) mass is 260 g/mol. The lowest BCUT2D eigenvalue weighted by molar-refractivity contribution is -0.145. The molecule has 5 heteroatoms. The van der Waals surface area contributed by atoms with E-state index in [1.54, 1.807) is 14.0 Å². The van der Waals surface area contributed by atoms with Crippen LogP contribution in [-0.2, 0) is 9.53 Å². The number of nitrogens with zero attached hydrogens (tertiary/aromatic N) is 1. The largest absolute Gasteiger partial charge is 0.480 e. The highest BCUT2D eigenvalue weighted by Gasteiger charge is 2.36. The Morgan fingerprint density at radius 3 is 2.33 bits per heavy atom. The van der Waals surface area contributed by atoms with E-state index < -0.39 is 11.5 Å². The van der Waals surface area contributed by atoms with Crippen molar-refractivity contribution in [2.45, 2.75) is 52.2 Å². The topological polar surface area (TPSA) is 61.8 Å². The highest BCUT2D eigenvalue weighted by Crippen LogP contribution is 2.12. The minimum absolute atomic E-state index is 0.127. The molecule has 0 saturated heterocycles. The van der Waals surface area contributed by atoms with Crippen LogP contribution in [0, 0.1) is 0 Å². The van der Waals surface area contributed by atoms with Crippen molar-refractivity contribution in [2.75, 3.05) is 26.8 Å². The first-order valence-electron chi connectivity index (χ1n) is 6.50. The minimum atomic E-state index is -0.938. The fraction of sp³-hybridized carbons (Fsp3) is 0.923. The zero-order valence-corrected chi connectivity index (χ0v) is 12.5. The molecule has 0 aromatic heterocycles. The van der Waals surface area contributed by atoms with Gasteiger partial charge in [0.1, 0.15) is 5.54 Å². The molecule has 0 aromatic carbocycles. The Morgan fingerprint density at radius 2 is 2.00 bits per heavy atom. The molecule has 0 aliphatic carbocycles. The van der Waals surface area contributed by atoms with Crippen LogP contribution < -0.4 is 5.32 Å². The third-order valence-corrected chi connectivity index (χ3v) is 3.04. The van der Waals surface area contributed by atoms with Gasteiger partial charge in [0.15, 0.2) is 0 Å². The number of aliphatic carboxylic acids is 1. The minimum Gasteiger partial charge on any atom is -0.480 e. The molecule has 0 saturated carbocycles. The molecule has 2 atom stereocenters. The second-order valence-electron chi connectivity index (χ2n) is 5.30. The van der Waals surface area contributed by atoms with Crippen LogP contribution in [0.2, 0.25) is 0 Å². The summed E-state index contributed by atoms with van der Waals surface area (Å²) in [7, 11) is 1.66. The molecule has 0 aromatic rings. The molecule has 0 rings (SSSR count). The second-order valence-corrected chi connectivity index (χ2v) is 5.30. The molecule has 0 aliphatic heterocycles. The van der Waals surface area contributed by atoms with Crippen molar-refractivity contribution < 1.29 is 14.6 Å². The summed E-state index contributed by atoms with van der Waals surface area (Å²) in [5, 5.41) is 12.6. The maximum Gasteiger partial charge on any atom is 0.324 e. The van der Waals surface area contributed by atoms with Crippen LogP contribution in [0.3, 0.4) is 0 Å². The molecule has 0 heterocycles. The Balaban J connectivity index is 4.78. The Kier molecular flexibility index (Phi) is 7.43. The number of hydrogen-bond acceptors (Lipinski definition) is 4. The molecular formula is C13H28N2O3. The number of likely N-dealkylation sites (N-methyl/N-ethyl adjacent to an activating group) is 1. The highest BCUT2D eigenvalue weighted by molar-refractivity contribution is 5.78. The molecule has 18 heavy (non-hydrogen) atoms. The number of nitrogens with one attached hydrogen (secondary N) is 1. The van der Waals surface area contributed by atoms with Gasteiger partial charge >= 0.3 is 5.97 Å². The van der Waals surface area contributed by atoms with Gasteiger partial charge in [-0.1, -0.05) is 6.92 Å². The molecular weight excluding hydrogens is 232 g/mol. The van der Waals surface area contributed by atoms with Crippen molar-refractivity contribution in [2.24, 2.45) is 0 Å². The van der Waals surface area contributed by atoms with Gasteiger partial charge in [0.05, 0.1) is 6.61 Å². The summed E-state index contributed by atoms with van der Waals surface area (Å²) < 4.78 is 5.13. The van der Waals surface area contributed by atoms with E-state index in [2.05, 4.69) is 10.2 Å². The van der Waals surface area contributed by atoms with E-state index >= 15 is 0 Å². The molecule has 0 bridgehead atoms. The maximum atomic E-state index is 11.5. The summed E-state index contributed by atoms with van der Waals surface area (Å²) in [6.07, 6.45) is 0. The van der Waals surface area contributed by atoms with Crippen LogP contribution in [0.1, 0.15) is 34.6 Å². The van der Waals surface area contributed by atoms with Crippen LogP contribution in [0.15, 0.2) is 0 Å². The Bertz CT molecular complexity index is 259. The molecule has 0 amide bonds. The molecule has 0 aliphatic rings. The maximum absolute atomic E-state index is 11.5. The number of hydrogen-bond donors (Lipinski definition) is 2. The second kappa shape index (κ2) is 7.71. The fourth-order valence-corrected chi connectivity index (χ4v) is 2.14. The third-order valence-electron chi connectivity index (χ3n) is 3.04. The zero-order valence-electron chi connectivity index (χ0n) is 12.5. The van der Waals surface area contributed by atoms with E-state index in [1.165, 1.54) is 0 Å². The lowest BCUT2D eigenvalue weighted by Gasteiger charge is -2.36. The predicted molar refractivity (Wildman–Crippen MR) is 72.9 cm³/mol.